The maximum Gasteiger partial charge on any atom is 0.312 e. The van der Waals surface area contributed by atoms with Gasteiger partial charge in [0.25, 0.3) is 0 Å². The van der Waals surface area contributed by atoms with Gasteiger partial charge in [0.05, 0.1) is 17.1 Å². The molecule has 98 valence electrons. The lowest BCUT2D eigenvalue weighted by Gasteiger charge is -2.35. The van der Waals surface area contributed by atoms with Crippen molar-refractivity contribution in [3.05, 3.63) is 26.9 Å². The van der Waals surface area contributed by atoms with Crippen LogP contribution in [0.25, 0.3) is 0 Å². The van der Waals surface area contributed by atoms with E-state index in [-0.39, 0.29) is 17.9 Å². The summed E-state index contributed by atoms with van der Waals surface area (Å²) in [7, 11) is 0. The van der Waals surface area contributed by atoms with Crippen LogP contribution in [0.3, 0.4) is 0 Å². The molecular weight excluding hydrogens is 302 g/mol. The first-order valence-corrected chi connectivity index (χ1v) is 6.47. The topological polar surface area (TPSA) is 68.5 Å². The van der Waals surface area contributed by atoms with Crippen molar-refractivity contribution in [2.24, 2.45) is 0 Å². The highest BCUT2D eigenvalue weighted by atomic mass is 79.9. The first-order chi connectivity index (χ1) is 8.47. The highest BCUT2D eigenvalue weighted by Gasteiger charge is 2.28. The molecule has 2 atom stereocenters. The summed E-state index contributed by atoms with van der Waals surface area (Å²) in [5, 5.41) is 11.1. The van der Waals surface area contributed by atoms with Crippen LogP contribution in [0, 0.1) is 10.1 Å². The third-order valence-electron chi connectivity index (χ3n) is 2.73. The third-order valence-corrected chi connectivity index (χ3v) is 3.16. The molecule has 1 aliphatic heterocycles. The van der Waals surface area contributed by atoms with Crippen molar-refractivity contribution in [1.82, 2.24) is 4.98 Å². The van der Waals surface area contributed by atoms with Gasteiger partial charge in [-0.25, -0.2) is 4.98 Å². The van der Waals surface area contributed by atoms with E-state index in [2.05, 4.69) is 20.9 Å². The minimum absolute atomic E-state index is 0.0191. The van der Waals surface area contributed by atoms with E-state index in [0.29, 0.717) is 23.4 Å². The SMILES string of the molecule is C[C@@H]1CN(c2ncc(Br)cc2[N+](=O)[O-])C[C@H](C)O1. The Labute approximate surface area is 113 Å². The Hall–Kier alpha value is -1.21. The monoisotopic (exact) mass is 315 g/mol. The van der Waals surface area contributed by atoms with Crippen LogP contribution in [0.4, 0.5) is 11.5 Å². The summed E-state index contributed by atoms with van der Waals surface area (Å²) in [6.45, 7) is 5.13. The van der Waals surface area contributed by atoms with Gasteiger partial charge in [-0.15, -0.1) is 0 Å². The minimum atomic E-state index is -0.405. The summed E-state index contributed by atoms with van der Waals surface area (Å²) in [5.74, 6) is 0.408. The lowest BCUT2D eigenvalue weighted by atomic mass is 10.2. The van der Waals surface area contributed by atoms with Crippen LogP contribution >= 0.6 is 15.9 Å². The molecule has 0 aromatic carbocycles. The van der Waals surface area contributed by atoms with E-state index in [1.54, 1.807) is 6.20 Å². The molecule has 0 aliphatic carbocycles. The molecule has 18 heavy (non-hydrogen) atoms. The molecule has 2 rings (SSSR count). The van der Waals surface area contributed by atoms with Gasteiger partial charge in [0.15, 0.2) is 0 Å². The number of nitrogens with zero attached hydrogens (tertiary/aromatic N) is 3. The van der Waals surface area contributed by atoms with E-state index < -0.39 is 4.92 Å². The van der Waals surface area contributed by atoms with Crippen LogP contribution in [-0.2, 0) is 4.74 Å². The number of anilines is 1. The van der Waals surface area contributed by atoms with Crippen molar-refractivity contribution in [2.75, 3.05) is 18.0 Å². The van der Waals surface area contributed by atoms with Crippen LogP contribution in [0.15, 0.2) is 16.7 Å². The second-order valence-electron chi connectivity index (χ2n) is 4.42. The second-order valence-corrected chi connectivity index (χ2v) is 5.33. The second kappa shape index (κ2) is 5.19. The lowest BCUT2D eigenvalue weighted by molar-refractivity contribution is -0.384. The Bertz CT molecular complexity index is 459. The molecule has 1 aromatic heterocycles. The standard InChI is InChI=1S/C11H14BrN3O3/c1-7-5-14(6-8(2)18-7)11-10(15(16)17)3-9(12)4-13-11/h3-4,7-8H,5-6H2,1-2H3/t7-,8+. The molecule has 0 spiro atoms. The zero-order chi connectivity index (χ0) is 13.3. The summed E-state index contributed by atoms with van der Waals surface area (Å²) >= 11 is 3.20. The average Bonchev–Trinajstić information content (AvgIpc) is 2.27. The summed E-state index contributed by atoms with van der Waals surface area (Å²) in [4.78, 5) is 16.7. The van der Waals surface area contributed by atoms with Crippen LogP contribution in [0.2, 0.25) is 0 Å². The van der Waals surface area contributed by atoms with Crippen molar-refractivity contribution in [3.8, 4) is 0 Å². The predicted octanol–water partition coefficient (Wildman–Crippen LogP) is 2.37. The number of ether oxygens (including phenoxy) is 1. The minimum Gasteiger partial charge on any atom is -0.372 e. The fourth-order valence-corrected chi connectivity index (χ4v) is 2.47. The van der Waals surface area contributed by atoms with E-state index in [9.17, 15) is 10.1 Å². The zero-order valence-corrected chi connectivity index (χ0v) is 11.8. The largest absolute Gasteiger partial charge is 0.372 e. The van der Waals surface area contributed by atoms with Crippen LogP contribution in [0.5, 0.6) is 0 Å². The van der Waals surface area contributed by atoms with Crippen LogP contribution in [-0.4, -0.2) is 35.2 Å². The molecule has 2 heterocycles. The Morgan fingerprint density at radius 3 is 2.67 bits per heavy atom. The van der Waals surface area contributed by atoms with Crippen LogP contribution in [0.1, 0.15) is 13.8 Å². The normalized spacial score (nSPS) is 24.1. The number of aromatic nitrogens is 1. The molecule has 1 fully saturated rings. The number of hydrogen-bond acceptors (Lipinski definition) is 5. The third kappa shape index (κ3) is 2.78. The van der Waals surface area contributed by atoms with Gasteiger partial charge >= 0.3 is 5.69 Å². The molecule has 0 saturated carbocycles. The molecule has 7 heteroatoms. The van der Waals surface area contributed by atoms with E-state index >= 15 is 0 Å². The van der Waals surface area contributed by atoms with Gasteiger partial charge in [-0.3, -0.25) is 10.1 Å². The predicted molar refractivity (Wildman–Crippen MR) is 70.8 cm³/mol. The van der Waals surface area contributed by atoms with Crippen LogP contribution < -0.4 is 4.90 Å². The lowest BCUT2D eigenvalue weighted by Crippen LogP contribution is -2.46. The molecule has 0 radical (unpaired) electrons. The first kappa shape index (κ1) is 13.2. The highest BCUT2D eigenvalue weighted by Crippen LogP contribution is 2.30. The Morgan fingerprint density at radius 1 is 1.50 bits per heavy atom. The van der Waals surface area contributed by atoms with E-state index in [1.165, 1.54) is 6.07 Å². The number of pyridine rings is 1. The van der Waals surface area contributed by atoms with Crippen molar-refractivity contribution < 1.29 is 9.66 Å². The summed E-state index contributed by atoms with van der Waals surface area (Å²) in [6, 6.07) is 1.48. The van der Waals surface area contributed by atoms with E-state index in [1.807, 2.05) is 18.7 Å². The molecule has 1 aliphatic rings. The number of morpholine rings is 1. The molecule has 0 amide bonds. The van der Waals surface area contributed by atoms with Crippen molar-refractivity contribution in [2.45, 2.75) is 26.1 Å². The maximum absolute atomic E-state index is 11.1. The van der Waals surface area contributed by atoms with Gasteiger partial charge in [0.1, 0.15) is 0 Å². The van der Waals surface area contributed by atoms with E-state index in [0.717, 1.165) is 0 Å². The molecule has 0 bridgehead atoms. The molecular formula is C11H14BrN3O3. The molecule has 1 aromatic rings. The van der Waals surface area contributed by atoms with Gasteiger partial charge < -0.3 is 9.64 Å². The molecule has 6 nitrogen and oxygen atoms in total. The zero-order valence-electron chi connectivity index (χ0n) is 10.2. The van der Waals surface area contributed by atoms with Gasteiger partial charge in [-0.2, -0.15) is 0 Å². The highest BCUT2D eigenvalue weighted by molar-refractivity contribution is 9.10. The smallest absolute Gasteiger partial charge is 0.312 e. The van der Waals surface area contributed by atoms with Gasteiger partial charge in [-0.05, 0) is 29.8 Å². The van der Waals surface area contributed by atoms with Crippen molar-refractivity contribution in [1.29, 1.82) is 0 Å². The quantitative estimate of drug-likeness (QED) is 0.619. The number of hydrogen-bond donors (Lipinski definition) is 0. The Morgan fingerprint density at radius 2 is 2.11 bits per heavy atom. The Kier molecular flexibility index (Phi) is 3.82. The Balaban J connectivity index is 2.35. The molecule has 0 unspecified atom stereocenters. The van der Waals surface area contributed by atoms with Gasteiger partial charge in [0.2, 0.25) is 5.82 Å². The first-order valence-electron chi connectivity index (χ1n) is 5.67. The molecule has 0 N–H and O–H groups in total. The fourth-order valence-electron chi connectivity index (χ4n) is 2.15. The summed E-state index contributed by atoms with van der Waals surface area (Å²) in [5.41, 5.74) is 0.0191. The van der Waals surface area contributed by atoms with Crippen molar-refractivity contribution in [3.63, 3.8) is 0 Å². The number of rotatable bonds is 2. The van der Waals surface area contributed by atoms with E-state index in [4.69, 9.17) is 4.74 Å². The number of halogens is 1. The maximum atomic E-state index is 11.1. The molecule has 1 saturated heterocycles. The summed E-state index contributed by atoms with van der Waals surface area (Å²) in [6.07, 6.45) is 1.66. The van der Waals surface area contributed by atoms with Gasteiger partial charge in [0, 0.05) is 29.8 Å². The fraction of sp³-hybridized carbons (Fsp3) is 0.545. The average molecular weight is 316 g/mol. The number of nitro groups is 1. The van der Waals surface area contributed by atoms with Crippen molar-refractivity contribution >= 4 is 27.4 Å². The van der Waals surface area contributed by atoms with Gasteiger partial charge in [-0.1, -0.05) is 0 Å². The summed E-state index contributed by atoms with van der Waals surface area (Å²) < 4.78 is 6.22.